The highest BCUT2D eigenvalue weighted by Gasteiger charge is 2.46. The average molecular weight is 375 g/mol. The molecular weight excluding hydrogens is 350 g/mol. The van der Waals surface area contributed by atoms with E-state index in [9.17, 15) is 14.4 Å². The molecule has 0 unspecified atom stereocenters. The fourth-order valence-corrected chi connectivity index (χ4v) is 3.86. The van der Waals surface area contributed by atoms with Gasteiger partial charge in [0.15, 0.2) is 0 Å². The van der Waals surface area contributed by atoms with Crippen LogP contribution in [0.15, 0.2) is 35.5 Å². The molecule has 27 heavy (non-hydrogen) atoms. The monoisotopic (exact) mass is 375 g/mol. The normalized spacial score (nSPS) is 33.5. The molecular formula is C20H25NO6. The Morgan fingerprint density at radius 1 is 1.44 bits per heavy atom. The lowest BCUT2D eigenvalue weighted by Crippen LogP contribution is -2.45. The summed E-state index contributed by atoms with van der Waals surface area (Å²) in [5.41, 5.74) is -0.142. The Hall–Kier alpha value is -2.41. The Balaban J connectivity index is 1.95. The zero-order valence-electron chi connectivity index (χ0n) is 15.9. The van der Waals surface area contributed by atoms with E-state index < -0.39 is 23.5 Å². The van der Waals surface area contributed by atoms with Gasteiger partial charge in [0.1, 0.15) is 12.7 Å². The number of hydrogen-bond acceptors (Lipinski definition) is 7. The first kappa shape index (κ1) is 19.4. The molecule has 0 aromatic rings. The zero-order valence-corrected chi connectivity index (χ0v) is 15.9. The Kier molecular flexibility index (Phi) is 5.24. The largest absolute Gasteiger partial charge is 0.458 e. The van der Waals surface area contributed by atoms with Gasteiger partial charge in [0.25, 0.3) is 0 Å². The number of esters is 3. The summed E-state index contributed by atoms with van der Waals surface area (Å²) in [4.78, 5) is 39.3. The molecule has 3 aliphatic rings. The zero-order chi connectivity index (χ0) is 19.8. The number of carbonyl (C=O) groups is 3. The quantitative estimate of drug-likeness (QED) is 0.298. The fraction of sp³-hybridized carbons (Fsp3) is 0.550. The first-order valence-corrected chi connectivity index (χ1v) is 9.10. The molecule has 7 nitrogen and oxygen atoms in total. The van der Waals surface area contributed by atoms with Gasteiger partial charge in [-0.1, -0.05) is 18.7 Å². The van der Waals surface area contributed by atoms with E-state index >= 15 is 0 Å². The number of allylic oxidation sites excluding steroid dienone is 1. The van der Waals surface area contributed by atoms with Crippen LogP contribution in [-0.2, 0) is 28.6 Å². The summed E-state index contributed by atoms with van der Waals surface area (Å²) in [5.74, 6) is -1.76. The number of nitrogens with zero attached hydrogens (tertiary/aromatic N) is 1. The van der Waals surface area contributed by atoms with E-state index in [4.69, 9.17) is 14.2 Å². The molecule has 2 saturated heterocycles. The second-order valence-electron chi connectivity index (χ2n) is 7.25. The highest BCUT2D eigenvalue weighted by molar-refractivity contribution is 5.91. The third-order valence-corrected chi connectivity index (χ3v) is 5.47. The van der Waals surface area contributed by atoms with Gasteiger partial charge in [-0.3, -0.25) is 9.69 Å². The molecule has 7 heteroatoms. The molecule has 0 aromatic heterocycles. The Morgan fingerprint density at radius 2 is 2.19 bits per heavy atom. The van der Waals surface area contributed by atoms with Crippen molar-refractivity contribution in [3.05, 3.63) is 35.5 Å². The van der Waals surface area contributed by atoms with Crippen LogP contribution in [-0.4, -0.2) is 60.3 Å². The molecule has 0 aromatic carbocycles. The molecule has 3 atom stereocenters. The molecule has 146 valence electrons. The van der Waals surface area contributed by atoms with Gasteiger partial charge in [0, 0.05) is 32.0 Å². The van der Waals surface area contributed by atoms with Gasteiger partial charge in [-0.05, 0) is 31.4 Å². The van der Waals surface area contributed by atoms with Crippen LogP contribution in [0.5, 0.6) is 0 Å². The van der Waals surface area contributed by atoms with Gasteiger partial charge in [-0.2, -0.15) is 0 Å². The van der Waals surface area contributed by atoms with Crippen molar-refractivity contribution in [3.63, 3.8) is 0 Å². The summed E-state index contributed by atoms with van der Waals surface area (Å²) in [5, 5.41) is 0. The van der Waals surface area contributed by atoms with Crippen LogP contribution in [0.4, 0.5) is 0 Å². The van der Waals surface area contributed by atoms with Gasteiger partial charge in [-0.25, -0.2) is 9.59 Å². The predicted molar refractivity (Wildman–Crippen MR) is 96.6 cm³/mol. The first-order chi connectivity index (χ1) is 12.8. The lowest BCUT2D eigenvalue weighted by molar-refractivity contribution is -0.174. The molecule has 3 heterocycles. The van der Waals surface area contributed by atoms with E-state index in [1.54, 1.807) is 13.0 Å². The smallest absolute Gasteiger partial charge is 0.355 e. The van der Waals surface area contributed by atoms with Gasteiger partial charge in [0.05, 0.1) is 6.04 Å². The summed E-state index contributed by atoms with van der Waals surface area (Å²) in [6.07, 6.45) is 4.16. The maximum Gasteiger partial charge on any atom is 0.355 e. The van der Waals surface area contributed by atoms with Crippen molar-refractivity contribution in [2.24, 2.45) is 0 Å². The third-order valence-electron chi connectivity index (χ3n) is 5.47. The topological polar surface area (TPSA) is 82.1 Å². The van der Waals surface area contributed by atoms with Crippen LogP contribution in [0.25, 0.3) is 0 Å². The summed E-state index contributed by atoms with van der Waals surface area (Å²) in [6, 6.07) is -0.0811. The van der Waals surface area contributed by atoms with Crippen molar-refractivity contribution in [1.29, 1.82) is 0 Å². The summed E-state index contributed by atoms with van der Waals surface area (Å²) in [7, 11) is 0. The minimum absolute atomic E-state index is 0.0536. The van der Waals surface area contributed by atoms with Gasteiger partial charge >= 0.3 is 17.9 Å². The van der Waals surface area contributed by atoms with Gasteiger partial charge in [0.2, 0.25) is 5.60 Å². The third kappa shape index (κ3) is 3.56. The summed E-state index contributed by atoms with van der Waals surface area (Å²) in [6.45, 7) is 9.89. The number of hydrogen-bond donors (Lipinski definition) is 0. The van der Waals surface area contributed by atoms with Crippen molar-refractivity contribution >= 4 is 17.9 Å². The van der Waals surface area contributed by atoms with Crippen molar-refractivity contribution in [3.8, 4) is 0 Å². The molecule has 3 rings (SSSR count). The van der Waals surface area contributed by atoms with E-state index in [0.717, 1.165) is 25.1 Å². The van der Waals surface area contributed by atoms with Crippen LogP contribution in [0.1, 0.15) is 33.6 Å². The van der Waals surface area contributed by atoms with E-state index in [1.165, 1.54) is 13.8 Å². The van der Waals surface area contributed by atoms with Crippen molar-refractivity contribution in [1.82, 2.24) is 4.90 Å². The SMILES string of the molecule is C=C1C/C(=C/C)C(=O)O[C@@H]2CCN3CC=C(COC(=O)[C@]1(C)OC(C)=O)[C@H]23. The van der Waals surface area contributed by atoms with Crippen molar-refractivity contribution in [2.45, 2.75) is 51.4 Å². The molecule has 0 N–H and O–H groups in total. The first-order valence-electron chi connectivity index (χ1n) is 9.10. The second-order valence-corrected chi connectivity index (χ2v) is 7.25. The van der Waals surface area contributed by atoms with Crippen LogP contribution >= 0.6 is 0 Å². The maximum absolute atomic E-state index is 12.8. The van der Waals surface area contributed by atoms with Crippen molar-refractivity contribution < 1.29 is 28.6 Å². The molecule has 0 bridgehead atoms. The molecule has 0 spiro atoms. The summed E-state index contributed by atoms with van der Waals surface area (Å²) < 4.78 is 16.6. The highest BCUT2D eigenvalue weighted by atomic mass is 16.6. The van der Waals surface area contributed by atoms with Gasteiger partial charge < -0.3 is 14.2 Å². The number of rotatable bonds is 1. The number of cyclic esters (lactones) is 1. The lowest BCUT2D eigenvalue weighted by Gasteiger charge is -2.31. The fourth-order valence-electron chi connectivity index (χ4n) is 3.86. The molecule has 0 saturated carbocycles. The van der Waals surface area contributed by atoms with E-state index in [-0.39, 0.29) is 30.7 Å². The Labute approximate surface area is 158 Å². The van der Waals surface area contributed by atoms with Crippen LogP contribution in [0, 0.1) is 0 Å². The molecule has 0 radical (unpaired) electrons. The minimum atomic E-state index is -1.67. The van der Waals surface area contributed by atoms with Crippen LogP contribution < -0.4 is 0 Å². The van der Waals surface area contributed by atoms with Crippen LogP contribution in [0.2, 0.25) is 0 Å². The molecule has 0 amide bonds. The van der Waals surface area contributed by atoms with Gasteiger partial charge in [-0.15, -0.1) is 0 Å². The van der Waals surface area contributed by atoms with E-state index in [0.29, 0.717) is 5.57 Å². The highest BCUT2D eigenvalue weighted by Crippen LogP contribution is 2.34. The standard InChI is InChI=1S/C20H25NO6/c1-5-14-10-12(2)20(4,27-13(3)22)19(24)25-11-15-6-8-21-9-7-16(17(15)21)26-18(14)23/h5-6,16-17H,2,7-11H2,1,3-4H3/b14-5-/t16-,17-,20-/m1/s1. The van der Waals surface area contributed by atoms with Crippen LogP contribution in [0.3, 0.4) is 0 Å². The Bertz CT molecular complexity index is 752. The second kappa shape index (κ2) is 7.31. The predicted octanol–water partition coefficient (Wildman–Crippen LogP) is 1.68. The molecule has 0 aliphatic carbocycles. The average Bonchev–Trinajstić information content (AvgIpc) is 3.18. The maximum atomic E-state index is 12.8. The summed E-state index contributed by atoms with van der Waals surface area (Å²) >= 11 is 0. The lowest BCUT2D eigenvalue weighted by atomic mass is 9.90. The molecule has 2 fully saturated rings. The van der Waals surface area contributed by atoms with E-state index in [2.05, 4.69) is 11.5 Å². The number of ether oxygens (including phenoxy) is 3. The minimum Gasteiger partial charge on any atom is -0.458 e. The van der Waals surface area contributed by atoms with E-state index in [1.807, 2.05) is 6.08 Å². The Morgan fingerprint density at radius 3 is 2.85 bits per heavy atom. The number of carbonyl (C=O) groups excluding carboxylic acids is 3. The molecule has 3 aliphatic heterocycles. The van der Waals surface area contributed by atoms with Crippen molar-refractivity contribution in [2.75, 3.05) is 19.7 Å².